The molecule has 0 saturated carbocycles. The molecule has 2 heterocycles. The molecule has 1 aliphatic carbocycles. The largest absolute Gasteiger partial charge is 0.459 e. The van der Waals surface area contributed by atoms with Crippen LogP contribution in [0.15, 0.2) is 59.0 Å². The van der Waals surface area contributed by atoms with E-state index in [0.29, 0.717) is 16.2 Å². The summed E-state index contributed by atoms with van der Waals surface area (Å²) in [6, 6.07) is 17.1. The summed E-state index contributed by atoms with van der Waals surface area (Å²) in [7, 11) is 0. The number of amides is 1. The number of alkyl halides is 1. The van der Waals surface area contributed by atoms with Gasteiger partial charge < -0.3 is 14.3 Å². The van der Waals surface area contributed by atoms with Crippen molar-refractivity contribution in [2.45, 2.75) is 38.1 Å². The average molecular weight is 453 g/mol. The summed E-state index contributed by atoms with van der Waals surface area (Å²) in [5.74, 6) is 0.682. The molecule has 0 aliphatic heterocycles. The van der Waals surface area contributed by atoms with E-state index in [1.807, 2.05) is 36.4 Å². The Balaban J connectivity index is 1.50. The number of carbonyl (C=O) groups is 1. The first-order chi connectivity index (χ1) is 14.9. The molecule has 1 N–H and O–H groups in total. The van der Waals surface area contributed by atoms with Crippen LogP contribution >= 0.6 is 23.2 Å². The Morgan fingerprint density at radius 2 is 1.84 bits per heavy atom. The van der Waals surface area contributed by atoms with Crippen molar-refractivity contribution >= 4 is 40.1 Å². The second-order valence-corrected chi connectivity index (χ2v) is 9.03. The first-order valence-electron chi connectivity index (χ1n) is 10.3. The van der Waals surface area contributed by atoms with Gasteiger partial charge in [-0.15, -0.1) is 11.6 Å². The van der Waals surface area contributed by atoms with Gasteiger partial charge in [-0.2, -0.15) is 0 Å². The van der Waals surface area contributed by atoms with Crippen LogP contribution in [0.3, 0.4) is 0 Å². The molecule has 0 bridgehead atoms. The van der Waals surface area contributed by atoms with E-state index in [1.165, 1.54) is 0 Å². The Morgan fingerprint density at radius 1 is 1.10 bits per heavy atom. The smallest absolute Gasteiger partial charge is 0.251 e. The van der Waals surface area contributed by atoms with Crippen molar-refractivity contribution in [2.24, 2.45) is 0 Å². The van der Waals surface area contributed by atoms with Gasteiger partial charge in [0.2, 0.25) is 0 Å². The normalized spacial score (nSPS) is 18.2. The Kier molecular flexibility index (Phi) is 5.07. The van der Waals surface area contributed by atoms with E-state index in [9.17, 15) is 4.79 Å². The molecular formula is C25H22Cl2N2O2. The molecular weight excluding hydrogens is 431 g/mol. The summed E-state index contributed by atoms with van der Waals surface area (Å²) in [4.78, 5) is 13.2. The fourth-order valence-electron chi connectivity index (χ4n) is 4.55. The number of hydrogen-bond acceptors (Lipinski definition) is 2. The van der Waals surface area contributed by atoms with Gasteiger partial charge >= 0.3 is 0 Å². The zero-order valence-electron chi connectivity index (χ0n) is 17.3. The number of hydrogen-bond donors (Lipinski definition) is 1. The number of rotatable bonds is 3. The molecule has 0 saturated heterocycles. The Morgan fingerprint density at radius 3 is 2.61 bits per heavy atom. The number of nitrogens with zero attached hydrogens (tertiary/aromatic N) is 1. The molecule has 2 aromatic heterocycles. The summed E-state index contributed by atoms with van der Waals surface area (Å²) in [6.07, 6.45) is 1.45. The third-order valence-electron chi connectivity index (χ3n) is 6.03. The standard InChI is InChI=1S/C25H22Cl2N2O2/c1-14-9-10-15(2)29(14)17-6-3-5-16(13-17)25(30)28-23-19(26)11-12-21-22(23)18-7-4-8-20(27)24(18)31-21/h3-10,13,19,23H,11-12H2,1-2H3,(H,28,30). The number of para-hydroxylation sites is 1. The lowest BCUT2D eigenvalue weighted by atomic mass is 9.90. The second kappa shape index (κ2) is 7.77. The highest BCUT2D eigenvalue weighted by Crippen LogP contribution is 2.42. The maximum Gasteiger partial charge on any atom is 0.251 e. The van der Waals surface area contributed by atoms with Crippen molar-refractivity contribution in [3.8, 4) is 5.69 Å². The van der Waals surface area contributed by atoms with Gasteiger partial charge in [0.25, 0.3) is 5.91 Å². The quantitative estimate of drug-likeness (QED) is 0.359. The lowest BCUT2D eigenvalue weighted by molar-refractivity contribution is 0.0933. The van der Waals surface area contributed by atoms with Gasteiger partial charge in [0, 0.05) is 40.0 Å². The van der Waals surface area contributed by atoms with E-state index in [0.717, 1.165) is 46.6 Å². The van der Waals surface area contributed by atoms with Crippen LogP contribution in [-0.4, -0.2) is 15.9 Å². The molecule has 1 aliphatic rings. The van der Waals surface area contributed by atoms with Gasteiger partial charge in [0.15, 0.2) is 5.58 Å². The van der Waals surface area contributed by atoms with E-state index >= 15 is 0 Å². The lowest BCUT2D eigenvalue weighted by Crippen LogP contribution is -2.36. The van der Waals surface area contributed by atoms with Crippen LogP contribution in [0.2, 0.25) is 5.02 Å². The number of aromatic nitrogens is 1. The molecule has 5 rings (SSSR count). The van der Waals surface area contributed by atoms with Crippen molar-refractivity contribution in [3.63, 3.8) is 0 Å². The van der Waals surface area contributed by atoms with Gasteiger partial charge in [-0.3, -0.25) is 4.79 Å². The van der Waals surface area contributed by atoms with Crippen LogP contribution in [0.1, 0.15) is 45.5 Å². The Bertz CT molecular complexity index is 1280. The molecule has 1 amide bonds. The predicted molar refractivity (Wildman–Crippen MR) is 125 cm³/mol. The van der Waals surface area contributed by atoms with Crippen LogP contribution in [0.25, 0.3) is 16.7 Å². The maximum absolute atomic E-state index is 13.2. The SMILES string of the molecule is Cc1ccc(C)n1-c1cccc(C(=O)NC2c3c(oc4c(Cl)cccc34)CCC2Cl)c1. The van der Waals surface area contributed by atoms with Gasteiger partial charge in [0.05, 0.1) is 16.4 Å². The minimum Gasteiger partial charge on any atom is -0.459 e. The lowest BCUT2D eigenvalue weighted by Gasteiger charge is -2.28. The van der Waals surface area contributed by atoms with Gasteiger partial charge in [0.1, 0.15) is 5.76 Å². The number of aryl methyl sites for hydroxylation is 3. The van der Waals surface area contributed by atoms with E-state index in [-0.39, 0.29) is 17.3 Å². The van der Waals surface area contributed by atoms with Crippen LogP contribution in [-0.2, 0) is 6.42 Å². The molecule has 2 unspecified atom stereocenters. The minimum absolute atomic E-state index is 0.163. The van der Waals surface area contributed by atoms with Gasteiger partial charge in [-0.05, 0) is 56.7 Å². The Hall–Kier alpha value is -2.69. The van der Waals surface area contributed by atoms with Crippen LogP contribution in [0.5, 0.6) is 0 Å². The second-order valence-electron chi connectivity index (χ2n) is 8.06. The van der Waals surface area contributed by atoms with Crippen molar-refractivity contribution in [3.05, 3.63) is 87.9 Å². The number of carbonyl (C=O) groups excluding carboxylic acids is 1. The molecule has 0 spiro atoms. The molecule has 6 heteroatoms. The molecule has 2 aromatic carbocycles. The highest BCUT2D eigenvalue weighted by Gasteiger charge is 2.34. The summed E-state index contributed by atoms with van der Waals surface area (Å²) in [6.45, 7) is 4.10. The number of furan rings is 1. The molecule has 2 atom stereocenters. The topological polar surface area (TPSA) is 47.2 Å². The monoisotopic (exact) mass is 452 g/mol. The molecule has 158 valence electrons. The molecule has 31 heavy (non-hydrogen) atoms. The zero-order valence-corrected chi connectivity index (χ0v) is 18.8. The van der Waals surface area contributed by atoms with E-state index in [2.05, 4.69) is 35.9 Å². The first kappa shape index (κ1) is 20.2. The molecule has 0 radical (unpaired) electrons. The number of nitrogens with one attached hydrogen (secondary N) is 1. The molecule has 4 nitrogen and oxygen atoms in total. The summed E-state index contributed by atoms with van der Waals surface area (Å²) < 4.78 is 8.17. The predicted octanol–water partition coefficient (Wildman–Crippen LogP) is 6.52. The van der Waals surface area contributed by atoms with Gasteiger partial charge in [-0.25, -0.2) is 0 Å². The maximum atomic E-state index is 13.2. The molecule has 0 fully saturated rings. The van der Waals surface area contributed by atoms with Crippen LogP contribution in [0, 0.1) is 13.8 Å². The van der Waals surface area contributed by atoms with Crippen molar-refractivity contribution in [1.29, 1.82) is 0 Å². The van der Waals surface area contributed by atoms with Crippen molar-refractivity contribution < 1.29 is 9.21 Å². The van der Waals surface area contributed by atoms with E-state index < -0.39 is 0 Å². The van der Waals surface area contributed by atoms with Crippen LogP contribution in [0.4, 0.5) is 0 Å². The first-order valence-corrected chi connectivity index (χ1v) is 11.2. The fourth-order valence-corrected chi connectivity index (χ4v) is 5.06. The third kappa shape index (κ3) is 3.44. The highest BCUT2D eigenvalue weighted by atomic mass is 35.5. The van der Waals surface area contributed by atoms with E-state index in [1.54, 1.807) is 6.07 Å². The van der Waals surface area contributed by atoms with Gasteiger partial charge in [-0.1, -0.05) is 29.8 Å². The van der Waals surface area contributed by atoms with Crippen molar-refractivity contribution in [1.82, 2.24) is 9.88 Å². The number of benzene rings is 2. The summed E-state index contributed by atoms with van der Waals surface area (Å²) >= 11 is 13.0. The third-order valence-corrected chi connectivity index (χ3v) is 6.79. The van der Waals surface area contributed by atoms with Crippen LogP contribution < -0.4 is 5.32 Å². The number of fused-ring (bicyclic) bond motifs is 3. The fraction of sp³-hybridized carbons (Fsp3) is 0.240. The van der Waals surface area contributed by atoms with Crippen molar-refractivity contribution in [2.75, 3.05) is 0 Å². The minimum atomic E-state index is -0.351. The average Bonchev–Trinajstić information content (AvgIpc) is 3.31. The highest BCUT2D eigenvalue weighted by molar-refractivity contribution is 6.35. The Labute approximate surface area is 190 Å². The number of halogens is 2. The zero-order chi connectivity index (χ0) is 21.7. The summed E-state index contributed by atoms with van der Waals surface area (Å²) in [5.41, 5.74) is 5.38. The molecule has 4 aromatic rings. The van der Waals surface area contributed by atoms with E-state index in [4.69, 9.17) is 27.6 Å². The summed E-state index contributed by atoms with van der Waals surface area (Å²) in [5, 5.41) is 4.40.